The second kappa shape index (κ2) is 6.75. The van der Waals surface area contributed by atoms with Crippen LogP contribution in [-0.4, -0.2) is 30.6 Å². The van der Waals surface area contributed by atoms with Crippen molar-refractivity contribution in [3.8, 4) is 12.3 Å². The third kappa shape index (κ3) is 3.83. The summed E-state index contributed by atoms with van der Waals surface area (Å²) in [6.07, 6.45) is 6.75. The van der Waals surface area contributed by atoms with Gasteiger partial charge < -0.3 is 5.32 Å². The summed E-state index contributed by atoms with van der Waals surface area (Å²) in [5.74, 6) is 3.53. The normalized spacial score (nSPS) is 24.3. The zero-order valence-electron chi connectivity index (χ0n) is 12.0. The standard InChI is InChI=1S/C17H24N2/c1-4-10-19-13-16(11-14(2)3)18-12-17(19)15-8-6-5-7-9-15/h1,5-9,14,16-18H,10-13H2,2-3H3. The van der Waals surface area contributed by atoms with Gasteiger partial charge in [0.2, 0.25) is 0 Å². The Bertz CT molecular complexity index is 419. The van der Waals surface area contributed by atoms with Gasteiger partial charge in [-0.3, -0.25) is 4.90 Å². The molecule has 2 atom stereocenters. The van der Waals surface area contributed by atoms with Crippen LogP contribution in [0.5, 0.6) is 0 Å². The maximum atomic E-state index is 5.53. The van der Waals surface area contributed by atoms with E-state index >= 15 is 0 Å². The molecule has 2 heteroatoms. The molecule has 1 fully saturated rings. The molecule has 0 spiro atoms. The lowest BCUT2D eigenvalue weighted by molar-refractivity contribution is 0.138. The monoisotopic (exact) mass is 256 g/mol. The largest absolute Gasteiger partial charge is 0.311 e. The molecule has 1 aromatic carbocycles. The summed E-state index contributed by atoms with van der Waals surface area (Å²) >= 11 is 0. The van der Waals surface area contributed by atoms with Crippen molar-refractivity contribution in [1.82, 2.24) is 10.2 Å². The van der Waals surface area contributed by atoms with Gasteiger partial charge in [0.15, 0.2) is 0 Å². The van der Waals surface area contributed by atoms with E-state index in [4.69, 9.17) is 6.42 Å². The van der Waals surface area contributed by atoms with Crippen molar-refractivity contribution < 1.29 is 0 Å². The summed E-state index contributed by atoms with van der Waals surface area (Å²) in [7, 11) is 0. The quantitative estimate of drug-likeness (QED) is 0.833. The smallest absolute Gasteiger partial charge is 0.0605 e. The lowest BCUT2D eigenvalue weighted by atomic mass is 9.96. The van der Waals surface area contributed by atoms with Gasteiger partial charge in [0.1, 0.15) is 0 Å². The first-order chi connectivity index (χ1) is 9.20. The maximum absolute atomic E-state index is 5.53. The number of benzene rings is 1. The maximum Gasteiger partial charge on any atom is 0.0605 e. The van der Waals surface area contributed by atoms with Crippen molar-refractivity contribution in [2.45, 2.75) is 32.4 Å². The molecule has 0 bridgehead atoms. The molecular weight excluding hydrogens is 232 g/mol. The number of piperazine rings is 1. The van der Waals surface area contributed by atoms with Crippen LogP contribution in [0, 0.1) is 18.3 Å². The Hall–Kier alpha value is -1.30. The molecule has 19 heavy (non-hydrogen) atoms. The zero-order chi connectivity index (χ0) is 13.7. The average Bonchev–Trinajstić information content (AvgIpc) is 2.40. The van der Waals surface area contributed by atoms with E-state index in [-0.39, 0.29) is 0 Å². The third-order valence-electron chi connectivity index (χ3n) is 3.73. The van der Waals surface area contributed by atoms with E-state index in [0.29, 0.717) is 12.1 Å². The molecule has 0 aliphatic carbocycles. The Morgan fingerprint density at radius 2 is 2.11 bits per heavy atom. The molecule has 0 saturated carbocycles. The molecule has 1 aromatic rings. The van der Waals surface area contributed by atoms with Crippen LogP contribution in [0.1, 0.15) is 31.9 Å². The summed E-state index contributed by atoms with van der Waals surface area (Å²) in [5.41, 5.74) is 1.35. The minimum Gasteiger partial charge on any atom is -0.311 e. The molecule has 2 nitrogen and oxygen atoms in total. The first-order valence-corrected chi connectivity index (χ1v) is 7.16. The topological polar surface area (TPSA) is 15.3 Å². The Balaban J connectivity index is 2.07. The van der Waals surface area contributed by atoms with Gasteiger partial charge in [-0.2, -0.15) is 0 Å². The number of hydrogen-bond donors (Lipinski definition) is 1. The summed E-state index contributed by atoms with van der Waals surface area (Å²) in [5, 5.41) is 3.68. The summed E-state index contributed by atoms with van der Waals surface area (Å²) in [4.78, 5) is 2.43. The molecule has 102 valence electrons. The molecule has 1 heterocycles. The second-order valence-electron chi connectivity index (χ2n) is 5.79. The number of nitrogens with zero attached hydrogens (tertiary/aromatic N) is 1. The Morgan fingerprint density at radius 3 is 2.74 bits per heavy atom. The molecule has 0 amide bonds. The van der Waals surface area contributed by atoms with Gasteiger partial charge >= 0.3 is 0 Å². The molecular formula is C17H24N2. The lowest BCUT2D eigenvalue weighted by Gasteiger charge is -2.40. The number of nitrogens with one attached hydrogen (secondary N) is 1. The van der Waals surface area contributed by atoms with E-state index in [9.17, 15) is 0 Å². The molecule has 2 unspecified atom stereocenters. The van der Waals surface area contributed by atoms with Gasteiger partial charge in [-0.15, -0.1) is 6.42 Å². The average molecular weight is 256 g/mol. The first kappa shape index (κ1) is 14.1. The van der Waals surface area contributed by atoms with E-state index in [1.54, 1.807) is 0 Å². The highest BCUT2D eigenvalue weighted by Crippen LogP contribution is 2.24. The zero-order valence-corrected chi connectivity index (χ0v) is 12.0. The predicted octanol–water partition coefficient (Wildman–Crippen LogP) is 2.68. The summed E-state index contributed by atoms with van der Waals surface area (Å²) in [6.45, 7) is 7.31. The van der Waals surface area contributed by atoms with Crippen molar-refractivity contribution in [2.24, 2.45) is 5.92 Å². The Labute approximate surface area is 117 Å². The van der Waals surface area contributed by atoms with Crippen LogP contribution in [0.15, 0.2) is 30.3 Å². The van der Waals surface area contributed by atoms with Crippen molar-refractivity contribution >= 4 is 0 Å². The van der Waals surface area contributed by atoms with Gasteiger partial charge in [0, 0.05) is 25.2 Å². The van der Waals surface area contributed by atoms with Crippen LogP contribution in [0.25, 0.3) is 0 Å². The van der Waals surface area contributed by atoms with Crippen molar-refractivity contribution in [3.05, 3.63) is 35.9 Å². The SMILES string of the molecule is C#CCN1CC(CC(C)C)NCC1c1ccccc1. The van der Waals surface area contributed by atoms with Gasteiger partial charge in [-0.1, -0.05) is 50.1 Å². The number of hydrogen-bond acceptors (Lipinski definition) is 2. The van der Waals surface area contributed by atoms with Gasteiger partial charge in [-0.05, 0) is 17.9 Å². The molecule has 1 N–H and O–H groups in total. The lowest BCUT2D eigenvalue weighted by Crippen LogP contribution is -2.52. The molecule has 1 aliphatic heterocycles. The predicted molar refractivity (Wildman–Crippen MR) is 80.8 cm³/mol. The fourth-order valence-electron chi connectivity index (χ4n) is 2.91. The molecule has 0 aromatic heterocycles. The van der Waals surface area contributed by atoms with Gasteiger partial charge in [0.05, 0.1) is 6.54 Å². The Kier molecular flexibility index (Phi) is 5.01. The van der Waals surface area contributed by atoms with Gasteiger partial charge in [0.25, 0.3) is 0 Å². The van der Waals surface area contributed by atoms with E-state index in [2.05, 4.69) is 60.3 Å². The minimum atomic E-state index is 0.403. The van der Waals surface area contributed by atoms with Crippen LogP contribution in [0.2, 0.25) is 0 Å². The van der Waals surface area contributed by atoms with Crippen LogP contribution < -0.4 is 5.32 Å². The number of terminal acetylenes is 1. The molecule has 1 saturated heterocycles. The van der Waals surface area contributed by atoms with Crippen molar-refractivity contribution in [1.29, 1.82) is 0 Å². The first-order valence-electron chi connectivity index (χ1n) is 7.16. The van der Waals surface area contributed by atoms with Gasteiger partial charge in [-0.25, -0.2) is 0 Å². The van der Waals surface area contributed by atoms with Crippen LogP contribution in [0.3, 0.4) is 0 Å². The van der Waals surface area contributed by atoms with Crippen LogP contribution >= 0.6 is 0 Å². The Morgan fingerprint density at radius 1 is 1.37 bits per heavy atom. The van der Waals surface area contributed by atoms with Crippen molar-refractivity contribution in [2.75, 3.05) is 19.6 Å². The highest BCUT2D eigenvalue weighted by molar-refractivity contribution is 5.20. The van der Waals surface area contributed by atoms with Crippen LogP contribution in [0.4, 0.5) is 0 Å². The van der Waals surface area contributed by atoms with E-state index in [1.165, 1.54) is 12.0 Å². The van der Waals surface area contributed by atoms with Crippen molar-refractivity contribution in [3.63, 3.8) is 0 Å². The van der Waals surface area contributed by atoms with E-state index in [0.717, 1.165) is 25.6 Å². The fraction of sp³-hybridized carbons (Fsp3) is 0.529. The molecule has 2 rings (SSSR count). The van der Waals surface area contributed by atoms with Crippen LogP contribution in [-0.2, 0) is 0 Å². The van der Waals surface area contributed by atoms with E-state index < -0.39 is 0 Å². The third-order valence-corrected chi connectivity index (χ3v) is 3.73. The summed E-state index contributed by atoms with van der Waals surface area (Å²) in [6, 6.07) is 11.6. The fourth-order valence-corrected chi connectivity index (χ4v) is 2.91. The highest BCUT2D eigenvalue weighted by Gasteiger charge is 2.28. The second-order valence-corrected chi connectivity index (χ2v) is 5.79. The molecule has 0 radical (unpaired) electrons. The molecule has 1 aliphatic rings. The highest BCUT2D eigenvalue weighted by atomic mass is 15.2. The van der Waals surface area contributed by atoms with E-state index in [1.807, 2.05) is 0 Å². The summed E-state index contributed by atoms with van der Waals surface area (Å²) < 4.78 is 0. The number of rotatable bonds is 4. The minimum absolute atomic E-state index is 0.403.